The molecule has 2 amide bonds. The third-order valence-corrected chi connectivity index (χ3v) is 9.36. The van der Waals surface area contributed by atoms with Crippen molar-refractivity contribution in [1.82, 2.24) is 9.88 Å². The number of para-hydroxylation sites is 1. The molecule has 35 heavy (non-hydrogen) atoms. The molecule has 10 heteroatoms. The maximum absolute atomic E-state index is 12.6. The summed E-state index contributed by atoms with van der Waals surface area (Å²) in [5.41, 5.74) is 4.69. The normalized spacial score (nSPS) is 13.3. The number of carbonyl (C=O) groups is 2. The highest BCUT2D eigenvalue weighted by Crippen LogP contribution is 2.32. The molecule has 1 aliphatic rings. The van der Waals surface area contributed by atoms with E-state index in [9.17, 15) is 9.59 Å². The number of aromatic nitrogens is 1. The van der Waals surface area contributed by atoms with Gasteiger partial charge in [0.1, 0.15) is 4.32 Å². The second-order valence-electron chi connectivity index (χ2n) is 8.26. The van der Waals surface area contributed by atoms with Gasteiger partial charge in [-0.2, -0.15) is 0 Å². The van der Waals surface area contributed by atoms with Gasteiger partial charge in [0.2, 0.25) is 11.8 Å². The lowest BCUT2D eigenvalue weighted by Gasteiger charge is -2.17. The summed E-state index contributed by atoms with van der Waals surface area (Å²) in [6.07, 6.45) is 3.20. The Morgan fingerprint density at radius 1 is 1.11 bits per heavy atom. The standard InChI is InChI=1S/C25H28N4O2S4/c1-3-17-8-6-7-16(2)23(17)28-22(31)14-33-24-27-19-10-9-18(13-20(19)35-24)26-21(30)15-34-25(32)29-11-4-5-12-29/h6-10,13H,3-5,11-12,14-15H2,1-2H3,(H,26,30)(H,28,31). The van der Waals surface area contributed by atoms with Crippen LogP contribution in [-0.2, 0) is 16.0 Å². The van der Waals surface area contributed by atoms with Gasteiger partial charge in [-0.15, -0.1) is 11.3 Å². The van der Waals surface area contributed by atoms with Gasteiger partial charge in [-0.3, -0.25) is 9.59 Å². The maximum atomic E-state index is 12.6. The van der Waals surface area contributed by atoms with E-state index in [1.165, 1.54) is 47.7 Å². The lowest BCUT2D eigenvalue weighted by molar-refractivity contribution is -0.114. The zero-order valence-corrected chi connectivity index (χ0v) is 23.0. The fraction of sp³-hybridized carbons (Fsp3) is 0.360. The summed E-state index contributed by atoms with van der Waals surface area (Å²) >= 11 is 9.79. The molecular weight excluding hydrogens is 517 g/mol. The first-order chi connectivity index (χ1) is 16.9. The predicted octanol–water partition coefficient (Wildman–Crippen LogP) is 5.95. The lowest BCUT2D eigenvalue weighted by Crippen LogP contribution is -2.25. The van der Waals surface area contributed by atoms with Crippen molar-refractivity contribution in [1.29, 1.82) is 0 Å². The number of thiazole rings is 1. The fourth-order valence-corrected chi connectivity index (χ4v) is 6.82. The highest BCUT2D eigenvalue weighted by Gasteiger charge is 2.17. The molecule has 6 nitrogen and oxygen atoms in total. The number of rotatable bonds is 8. The van der Waals surface area contributed by atoms with Crippen molar-refractivity contribution in [2.45, 2.75) is 37.4 Å². The summed E-state index contributed by atoms with van der Waals surface area (Å²) in [5.74, 6) is 0.465. The summed E-state index contributed by atoms with van der Waals surface area (Å²) in [4.78, 5) is 31.8. The van der Waals surface area contributed by atoms with Crippen LogP contribution in [0.4, 0.5) is 11.4 Å². The molecule has 1 aromatic heterocycles. The average Bonchev–Trinajstić information content (AvgIpc) is 3.52. The number of fused-ring (bicyclic) bond motifs is 1. The van der Waals surface area contributed by atoms with Gasteiger partial charge >= 0.3 is 0 Å². The lowest BCUT2D eigenvalue weighted by atomic mass is 10.1. The number of carbonyl (C=O) groups excluding carboxylic acids is 2. The highest BCUT2D eigenvalue weighted by atomic mass is 32.2. The molecule has 0 unspecified atom stereocenters. The number of aryl methyl sites for hydroxylation is 2. The van der Waals surface area contributed by atoms with Crippen LogP contribution in [0, 0.1) is 6.92 Å². The van der Waals surface area contributed by atoms with Crippen molar-refractivity contribution in [3.05, 3.63) is 47.5 Å². The molecule has 0 atom stereocenters. The molecule has 0 spiro atoms. The van der Waals surface area contributed by atoms with E-state index in [2.05, 4.69) is 27.4 Å². The minimum Gasteiger partial charge on any atom is -0.358 e. The SMILES string of the molecule is CCc1cccc(C)c1NC(=O)CSc1nc2ccc(NC(=O)CSC(=S)N3CCCC3)cc2s1. The van der Waals surface area contributed by atoms with Gasteiger partial charge in [-0.25, -0.2) is 4.98 Å². The molecule has 1 saturated heterocycles. The van der Waals surface area contributed by atoms with Gasteiger partial charge in [0.05, 0.1) is 21.7 Å². The summed E-state index contributed by atoms with van der Waals surface area (Å²) < 4.78 is 2.60. The van der Waals surface area contributed by atoms with Crippen molar-refractivity contribution in [2.75, 3.05) is 35.2 Å². The van der Waals surface area contributed by atoms with Crippen molar-refractivity contribution in [3.8, 4) is 0 Å². The fourth-order valence-electron chi connectivity index (χ4n) is 3.86. The minimum absolute atomic E-state index is 0.0458. The Kier molecular flexibility index (Phi) is 9.04. The zero-order chi connectivity index (χ0) is 24.8. The van der Waals surface area contributed by atoms with Crippen LogP contribution in [0.2, 0.25) is 0 Å². The topological polar surface area (TPSA) is 74.3 Å². The number of nitrogens with zero attached hydrogens (tertiary/aromatic N) is 2. The van der Waals surface area contributed by atoms with E-state index in [0.717, 1.165) is 60.9 Å². The number of nitrogens with one attached hydrogen (secondary N) is 2. The van der Waals surface area contributed by atoms with Gasteiger partial charge in [-0.1, -0.05) is 60.9 Å². The molecule has 4 rings (SSSR count). The van der Waals surface area contributed by atoms with E-state index < -0.39 is 0 Å². The van der Waals surface area contributed by atoms with Crippen LogP contribution in [0.5, 0.6) is 0 Å². The van der Waals surface area contributed by atoms with Crippen molar-refractivity contribution in [2.24, 2.45) is 0 Å². The number of thiocarbonyl (C=S) groups is 1. The molecule has 0 aliphatic carbocycles. The number of hydrogen-bond acceptors (Lipinski definition) is 7. The summed E-state index contributed by atoms with van der Waals surface area (Å²) in [6, 6.07) is 11.7. The van der Waals surface area contributed by atoms with Crippen LogP contribution in [0.3, 0.4) is 0 Å². The van der Waals surface area contributed by atoms with Crippen LogP contribution in [-0.4, -0.2) is 50.6 Å². The molecule has 184 valence electrons. The minimum atomic E-state index is -0.0747. The van der Waals surface area contributed by atoms with E-state index in [-0.39, 0.29) is 17.6 Å². The zero-order valence-electron chi connectivity index (χ0n) is 19.8. The predicted molar refractivity (Wildman–Crippen MR) is 154 cm³/mol. The Morgan fingerprint density at radius 2 is 1.89 bits per heavy atom. The monoisotopic (exact) mass is 544 g/mol. The van der Waals surface area contributed by atoms with Crippen LogP contribution in [0.15, 0.2) is 40.7 Å². The highest BCUT2D eigenvalue weighted by molar-refractivity contribution is 8.23. The second kappa shape index (κ2) is 12.2. The first kappa shape index (κ1) is 25.9. The van der Waals surface area contributed by atoms with E-state index in [0.29, 0.717) is 5.75 Å². The molecule has 3 aromatic rings. The van der Waals surface area contributed by atoms with Crippen molar-refractivity contribution < 1.29 is 9.59 Å². The molecule has 0 saturated carbocycles. The Balaban J connectivity index is 1.30. The smallest absolute Gasteiger partial charge is 0.234 e. The Hall–Kier alpha value is -2.14. The Bertz CT molecular complexity index is 1240. The van der Waals surface area contributed by atoms with Crippen molar-refractivity contribution >= 4 is 84.8 Å². The summed E-state index contributed by atoms with van der Waals surface area (Å²) in [7, 11) is 0. The van der Waals surface area contributed by atoms with Crippen LogP contribution in [0.25, 0.3) is 10.2 Å². The number of thioether (sulfide) groups is 2. The van der Waals surface area contributed by atoms with Gasteiger partial charge in [0.25, 0.3) is 0 Å². The quantitative estimate of drug-likeness (QED) is 0.268. The molecule has 1 aliphatic heterocycles. The Labute approximate surface area is 223 Å². The molecule has 0 bridgehead atoms. The molecular formula is C25H28N4O2S4. The largest absolute Gasteiger partial charge is 0.358 e. The Morgan fingerprint density at radius 3 is 2.66 bits per heavy atom. The third kappa shape index (κ3) is 6.97. The number of likely N-dealkylation sites (tertiary alicyclic amines) is 1. The maximum Gasteiger partial charge on any atom is 0.234 e. The van der Waals surface area contributed by atoms with Gasteiger partial charge in [-0.05, 0) is 55.5 Å². The molecule has 0 radical (unpaired) electrons. The molecule has 1 fully saturated rings. The third-order valence-electron chi connectivity index (χ3n) is 5.67. The number of amides is 2. The number of hydrogen-bond donors (Lipinski definition) is 2. The van der Waals surface area contributed by atoms with E-state index in [1.54, 1.807) is 0 Å². The van der Waals surface area contributed by atoms with Crippen LogP contribution < -0.4 is 10.6 Å². The summed E-state index contributed by atoms with van der Waals surface area (Å²) in [5, 5.41) is 6.01. The molecule has 2 N–H and O–H groups in total. The average molecular weight is 545 g/mol. The summed E-state index contributed by atoms with van der Waals surface area (Å²) in [6.45, 7) is 6.07. The first-order valence-electron chi connectivity index (χ1n) is 11.6. The van der Waals surface area contributed by atoms with Gasteiger partial charge < -0.3 is 15.5 Å². The first-order valence-corrected chi connectivity index (χ1v) is 14.8. The van der Waals surface area contributed by atoms with E-state index >= 15 is 0 Å². The van der Waals surface area contributed by atoms with Gasteiger partial charge in [0.15, 0.2) is 4.34 Å². The van der Waals surface area contributed by atoms with Gasteiger partial charge in [0, 0.05) is 24.5 Å². The second-order valence-corrected chi connectivity index (χ2v) is 12.1. The van der Waals surface area contributed by atoms with E-state index in [1.807, 2.05) is 43.3 Å². The molecule has 2 aromatic carbocycles. The van der Waals surface area contributed by atoms with E-state index in [4.69, 9.17) is 12.2 Å². The van der Waals surface area contributed by atoms with Crippen molar-refractivity contribution in [3.63, 3.8) is 0 Å². The molecule has 2 heterocycles. The number of benzene rings is 2. The number of anilines is 2. The van der Waals surface area contributed by atoms with Crippen LogP contribution >= 0.6 is 47.1 Å². The van der Waals surface area contributed by atoms with Crippen LogP contribution in [0.1, 0.15) is 30.9 Å².